The molecule has 0 saturated heterocycles. The van der Waals surface area contributed by atoms with Crippen LogP contribution in [0.2, 0.25) is 0 Å². The van der Waals surface area contributed by atoms with Crippen molar-refractivity contribution in [1.29, 1.82) is 0 Å². The van der Waals surface area contributed by atoms with Gasteiger partial charge in [0.2, 0.25) is 0 Å². The number of allylic oxidation sites excluding steroid dienone is 2. The third kappa shape index (κ3) is 2.94. The highest BCUT2D eigenvalue weighted by Crippen LogP contribution is 2.23. The summed E-state index contributed by atoms with van der Waals surface area (Å²) >= 11 is 0. The van der Waals surface area contributed by atoms with Gasteiger partial charge in [-0.3, -0.25) is 4.79 Å². The van der Waals surface area contributed by atoms with Gasteiger partial charge in [0.15, 0.2) is 5.78 Å². The molecule has 0 aromatic heterocycles. The third-order valence-electron chi connectivity index (χ3n) is 2.19. The molecule has 86 valence electrons. The molecule has 3 nitrogen and oxygen atoms in total. The molecule has 0 bridgehead atoms. The van der Waals surface area contributed by atoms with Crippen LogP contribution < -0.4 is 0 Å². The number of aliphatic hydroxyl groups is 1. The van der Waals surface area contributed by atoms with E-state index in [2.05, 4.69) is 0 Å². The van der Waals surface area contributed by atoms with Crippen molar-refractivity contribution < 1.29 is 15.0 Å². The van der Waals surface area contributed by atoms with Gasteiger partial charge >= 0.3 is 0 Å². The molecule has 2 N–H and O–H groups in total. The number of carbonyl (C=O) groups is 1. The second kappa shape index (κ2) is 4.94. The quantitative estimate of drug-likeness (QED) is 0.608. The maximum atomic E-state index is 11.7. The van der Waals surface area contributed by atoms with E-state index in [0.717, 1.165) is 5.57 Å². The van der Waals surface area contributed by atoms with Crippen LogP contribution in [0, 0.1) is 0 Å². The summed E-state index contributed by atoms with van der Waals surface area (Å²) in [5.74, 6) is -0.313. The van der Waals surface area contributed by atoms with Crippen LogP contribution >= 0.6 is 0 Å². The maximum Gasteiger partial charge on any atom is 0.189 e. The van der Waals surface area contributed by atoms with E-state index in [9.17, 15) is 15.0 Å². The Hall–Kier alpha value is -1.61. The molecular weight excluding hydrogens is 204 g/mol. The van der Waals surface area contributed by atoms with Crippen LogP contribution in [0.5, 0.6) is 5.75 Å². The molecule has 3 heteroatoms. The van der Waals surface area contributed by atoms with Gasteiger partial charge in [-0.2, -0.15) is 0 Å². The van der Waals surface area contributed by atoms with Crippen LogP contribution in [-0.4, -0.2) is 16.0 Å². The molecule has 0 spiro atoms. The van der Waals surface area contributed by atoms with Crippen molar-refractivity contribution in [3.05, 3.63) is 41.0 Å². The van der Waals surface area contributed by atoms with E-state index in [0.29, 0.717) is 5.56 Å². The highest BCUT2D eigenvalue weighted by molar-refractivity contribution is 6.06. The molecule has 1 atom stereocenters. The zero-order valence-corrected chi connectivity index (χ0v) is 9.69. The van der Waals surface area contributed by atoms with Crippen molar-refractivity contribution in [3.8, 4) is 5.75 Å². The van der Waals surface area contributed by atoms with Gasteiger partial charge in [0.25, 0.3) is 0 Å². The molecule has 0 aliphatic carbocycles. The molecule has 0 aliphatic heterocycles. The largest absolute Gasteiger partial charge is 0.507 e. The minimum atomic E-state index is -0.654. The standard InChI is InChI=1S/C13H16O3/c1-8(2)6-13(16)11-7-10(9(3)14)4-5-12(11)15/h4-7,9,14-15H,1-3H3/t9-/m0/s1. The van der Waals surface area contributed by atoms with Crippen LogP contribution in [0.1, 0.15) is 42.8 Å². The summed E-state index contributed by atoms with van der Waals surface area (Å²) in [6.07, 6.45) is 0.805. The number of hydrogen-bond acceptors (Lipinski definition) is 3. The van der Waals surface area contributed by atoms with Crippen molar-refractivity contribution in [1.82, 2.24) is 0 Å². The van der Waals surface area contributed by atoms with E-state index in [1.165, 1.54) is 18.2 Å². The number of carbonyl (C=O) groups excluding carboxylic acids is 1. The Morgan fingerprint density at radius 2 is 2.00 bits per heavy atom. The molecular formula is C13H16O3. The first-order valence-electron chi connectivity index (χ1n) is 5.12. The normalized spacial score (nSPS) is 12.0. The average Bonchev–Trinajstić information content (AvgIpc) is 2.16. The number of phenolic OH excluding ortho intramolecular Hbond substituents is 1. The Morgan fingerprint density at radius 1 is 1.38 bits per heavy atom. The fraction of sp³-hybridized carbons (Fsp3) is 0.308. The minimum absolute atomic E-state index is 0.0631. The summed E-state index contributed by atoms with van der Waals surface area (Å²) in [6, 6.07) is 4.54. The fourth-order valence-corrected chi connectivity index (χ4v) is 1.35. The van der Waals surface area contributed by atoms with E-state index < -0.39 is 6.10 Å². The zero-order chi connectivity index (χ0) is 12.3. The van der Waals surface area contributed by atoms with Gasteiger partial charge in [0.1, 0.15) is 5.75 Å². The summed E-state index contributed by atoms with van der Waals surface area (Å²) in [5.41, 5.74) is 1.70. The zero-order valence-electron chi connectivity index (χ0n) is 9.69. The molecule has 0 heterocycles. The first kappa shape index (κ1) is 12.5. The Morgan fingerprint density at radius 3 is 2.50 bits per heavy atom. The fourth-order valence-electron chi connectivity index (χ4n) is 1.35. The monoisotopic (exact) mass is 220 g/mol. The van der Waals surface area contributed by atoms with Gasteiger partial charge in [-0.15, -0.1) is 0 Å². The maximum absolute atomic E-state index is 11.7. The smallest absolute Gasteiger partial charge is 0.189 e. The molecule has 1 aromatic rings. The molecule has 0 amide bonds. The van der Waals surface area contributed by atoms with E-state index in [1.807, 2.05) is 13.8 Å². The molecule has 1 rings (SSSR count). The van der Waals surface area contributed by atoms with Crippen LogP contribution in [0.4, 0.5) is 0 Å². The molecule has 0 radical (unpaired) electrons. The summed E-state index contributed by atoms with van der Waals surface area (Å²) < 4.78 is 0. The number of hydrogen-bond donors (Lipinski definition) is 2. The number of aliphatic hydroxyl groups excluding tert-OH is 1. The molecule has 0 unspecified atom stereocenters. The number of phenols is 1. The first-order chi connectivity index (χ1) is 7.41. The Bertz CT molecular complexity index is 427. The lowest BCUT2D eigenvalue weighted by Gasteiger charge is -2.07. The summed E-state index contributed by atoms with van der Waals surface area (Å²) in [7, 11) is 0. The van der Waals surface area contributed by atoms with Gasteiger partial charge in [-0.1, -0.05) is 11.6 Å². The third-order valence-corrected chi connectivity index (χ3v) is 2.19. The van der Waals surface area contributed by atoms with Gasteiger partial charge < -0.3 is 10.2 Å². The van der Waals surface area contributed by atoms with E-state index in [1.54, 1.807) is 13.0 Å². The lowest BCUT2D eigenvalue weighted by molar-refractivity contribution is 0.104. The average molecular weight is 220 g/mol. The Kier molecular flexibility index (Phi) is 3.85. The summed E-state index contributed by atoms with van der Waals surface area (Å²) in [6.45, 7) is 5.24. The topological polar surface area (TPSA) is 57.5 Å². The predicted octanol–water partition coefficient (Wildman–Crippen LogP) is 2.59. The number of aromatic hydroxyl groups is 1. The lowest BCUT2D eigenvalue weighted by atomic mass is 10.0. The van der Waals surface area contributed by atoms with Gasteiger partial charge in [0, 0.05) is 0 Å². The Balaban J connectivity index is 3.17. The van der Waals surface area contributed by atoms with E-state index in [-0.39, 0.29) is 17.1 Å². The van der Waals surface area contributed by atoms with Crippen molar-refractivity contribution in [2.24, 2.45) is 0 Å². The van der Waals surface area contributed by atoms with Gasteiger partial charge in [-0.05, 0) is 44.5 Å². The predicted molar refractivity (Wildman–Crippen MR) is 62.5 cm³/mol. The number of rotatable bonds is 3. The molecule has 0 aliphatic rings. The van der Waals surface area contributed by atoms with Gasteiger partial charge in [0.05, 0.1) is 11.7 Å². The van der Waals surface area contributed by atoms with E-state index >= 15 is 0 Å². The van der Waals surface area contributed by atoms with Crippen LogP contribution in [0.25, 0.3) is 0 Å². The molecule has 1 aromatic carbocycles. The van der Waals surface area contributed by atoms with Crippen molar-refractivity contribution in [2.75, 3.05) is 0 Å². The highest BCUT2D eigenvalue weighted by Gasteiger charge is 2.11. The SMILES string of the molecule is CC(C)=CC(=O)c1cc([C@H](C)O)ccc1O. The first-order valence-corrected chi connectivity index (χ1v) is 5.12. The van der Waals surface area contributed by atoms with Crippen molar-refractivity contribution in [2.45, 2.75) is 26.9 Å². The second-order valence-electron chi connectivity index (χ2n) is 4.04. The summed E-state index contributed by atoms with van der Waals surface area (Å²) in [5, 5.41) is 19.0. The summed E-state index contributed by atoms with van der Waals surface area (Å²) in [4.78, 5) is 11.7. The Labute approximate surface area is 95.0 Å². The highest BCUT2D eigenvalue weighted by atomic mass is 16.3. The van der Waals surface area contributed by atoms with Crippen molar-refractivity contribution >= 4 is 5.78 Å². The van der Waals surface area contributed by atoms with Gasteiger partial charge in [-0.25, -0.2) is 0 Å². The molecule has 0 saturated carbocycles. The number of ketones is 1. The van der Waals surface area contributed by atoms with Crippen LogP contribution in [0.15, 0.2) is 29.8 Å². The number of benzene rings is 1. The van der Waals surface area contributed by atoms with E-state index in [4.69, 9.17) is 0 Å². The lowest BCUT2D eigenvalue weighted by Crippen LogP contribution is -1.99. The minimum Gasteiger partial charge on any atom is -0.507 e. The second-order valence-corrected chi connectivity index (χ2v) is 4.04. The molecule has 0 fully saturated rings. The van der Waals surface area contributed by atoms with Crippen LogP contribution in [0.3, 0.4) is 0 Å². The van der Waals surface area contributed by atoms with Crippen LogP contribution in [-0.2, 0) is 0 Å². The molecule has 16 heavy (non-hydrogen) atoms. The van der Waals surface area contributed by atoms with Crippen molar-refractivity contribution in [3.63, 3.8) is 0 Å².